The lowest BCUT2D eigenvalue weighted by molar-refractivity contribution is 0.111. The van der Waals surface area contributed by atoms with Gasteiger partial charge in [0.15, 0.2) is 6.29 Å². The average molecular weight is 212 g/mol. The molecule has 3 rings (SSSR count). The van der Waals surface area contributed by atoms with Crippen LogP contribution < -0.4 is 0 Å². The van der Waals surface area contributed by atoms with Gasteiger partial charge in [-0.05, 0) is 12.1 Å². The van der Waals surface area contributed by atoms with Crippen molar-refractivity contribution in [3.05, 3.63) is 42.6 Å². The zero-order valence-electron chi connectivity index (χ0n) is 8.29. The summed E-state index contributed by atoms with van der Waals surface area (Å²) in [5.41, 5.74) is 3.22. The minimum atomic E-state index is 0.613. The highest BCUT2D eigenvalue weighted by atomic mass is 16.1. The number of nitrogens with one attached hydrogen (secondary N) is 1. The Morgan fingerprint density at radius 2 is 2.31 bits per heavy atom. The fourth-order valence-electron chi connectivity index (χ4n) is 1.76. The molecule has 0 aliphatic heterocycles. The van der Waals surface area contributed by atoms with Crippen LogP contribution in [-0.4, -0.2) is 25.9 Å². The monoisotopic (exact) mass is 212 g/mol. The molecule has 0 aliphatic rings. The van der Waals surface area contributed by atoms with Gasteiger partial charge in [-0.2, -0.15) is 5.10 Å². The standard InChI is InChI=1S/C11H8N4O/c16-7-9-1-2-10-11(8-5-13-14-6-8)12-3-4-15(9)10/h1-7H,(H,13,14). The SMILES string of the molecule is O=Cc1ccc2c(-c3cn[nH]c3)nccn12. The maximum Gasteiger partial charge on any atom is 0.166 e. The van der Waals surface area contributed by atoms with Gasteiger partial charge in [-0.15, -0.1) is 0 Å². The molecule has 0 amide bonds. The van der Waals surface area contributed by atoms with Crippen LogP contribution in [-0.2, 0) is 0 Å². The molecular weight excluding hydrogens is 204 g/mol. The van der Waals surface area contributed by atoms with Crippen LogP contribution in [0.5, 0.6) is 0 Å². The van der Waals surface area contributed by atoms with Crippen molar-refractivity contribution in [3.63, 3.8) is 0 Å². The van der Waals surface area contributed by atoms with E-state index in [4.69, 9.17) is 0 Å². The van der Waals surface area contributed by atoms with Gasteiger partial charge in [0.25, 0.3) is 0 Å². The topological polar surface area (TPSA) is 63.0 Å². The third-order valence-electron chi connectivity index (χ3n) is 2.50. The number of rotatable bonds is 2. The van der Waals surface area contributed by atoms with Crippen LogP contribution in [0.3, 0.4) is 0 Å². The van der Waals surface area contributed by atoms with Crippen LogP contribution in [0.1, 0.15) is 10.5 Å². The molecule has 16 heavy (non-hydrogen) atoms. The first-order valence-electron chi connectivity index (χ1n) is 4.80. The quantitative estimate of drug-likeness (QED) is 0.655. The number of aromatic amines is 1. The fourth-order valence-corrected chi connectivity index (χ4v) is 1.76. The number of carbonyl (C=O) groups excluding carboxylic acids is 1. The number of carbonyl (C=O) groups is 1. The van der Waals surface area contributed by atoms with Crippen molar-refractivity contribution in [3.8, 4) is 11.3 Å². The van der Waals surface area contributed by atoms with Gasteiger partial charge in [-0.1, -0.05) is 0 Å². The van der Waals surface area contributed by atoms with Crippen molar-refractivity contribution in [2.45, 2.75) is 0 Å². The van der Waals surface area contributed by atoms with Crippen molar-refractivity contribution in [1.29, 1.82) is 0 Å². The second-order valence-corrected chi connectivity index (χ2v) is 3.39. The highest BCUT2D eigenvalue weighted by Gasteiger charge is 2.08. The van der Waals surface area contributed by atoms with Crippen molar-refractivity contribution in [2.75, 3.05) is 0 Å². The molecule has 0 radical (unpaired) electrons. The minimum absolute atomic E-state index is 0.613. The molecule has 1 N–H and O–H groups in total. The van der Waals surface area contributed by atoms with Crippen molar-refractivity contribution in [2.24, 2.45) is 0 Å². The van der Waals surface area contributed by atoms with E-state index >= 15 is 0 Å². The number of hydrogen-bond donors (Lipinski definition) is 1. The molecule has 0 saturated carbocycles. The Balaban J connectivity index is 2.34. The van der Waals surface area contributed by atoms with Crippen LogP contribution in [0.2, 0.25) is 0 Å². The van der Waals surface area contributed by atoms with Gasteiger partial charge in [0, 0.05) is 24.2 Å². The Kier molecular flexibility index (Phi) is 1.83. The molecule has 3 aromatic heterocycles. The Morgan fingerprint density at radius 3 is 3.06 bits per heavy atom. The molecule has 0 aliphatic carbocycles. The number of aromatic nitrogens is 4. The lowest BCUT2D eigenvalue weighted by Crippen LogP contribution is -1.93. The fraction of sp³-hybridized carbons (Fsp3) is 0. The van der Waals surface area contributed by atoms with E-state index in [1.807, 2.05) is 10.5 Å². The van der Waals surface area contributed by atoms with E-state index in [2.05, 4.69) is 15.2 Å². The molecule has 0 aromatic carbocycles. The van der Waals surface area contributed by atoms with E-state index < -0.39 is 0 Å². The number of fused-ring (bicyclic) bond motifs is 1. The summed E-state index contributed by atoms with van der Waals surface area (Å²) >= 11 is 0. The molecule has 0 unspecified atom stereocenters. The second-order valence-electron chi connectivity index (χ2n) is 3.39. The second kappa shape index (κ2) is 3.30. The summed E-state index contributed by atoms with van der Waals surface area (Å²) in [6, 6.07) is 3.65. The molecule has 0 atom stereocenters. The molecule has 0 spiro atoms. The Bertz CT molecular complexity index is 639. The minimum Gasteiger partial charge on any atom is -0.310 e. The predicted molar refractivity (Wildman–Crippen MR) is 58.2 cm³/mol. The van der Waals surface area contributed by atoms with Crippen LogP contribution in [0, 0.1) is 0 Å². The van der Waals surface area contributed by atoms with Gasteiger partial charge < -0.3 is 4.40 Å². The number of H-pyrrole nitrogens is 1. The molecule has 78 valence electrons. The van der Waals surface area contributed by atoms with E-state index in [0.717, 1.165) is 23.1 Å². The van der Waals surface area contributed by atoms with E-state index in [-0.39, 0.29) is 0 Å². The summed E-state index contributed by atoms with van der Waals surface area (Å²) in [5, 5.41) is 6.63. The number of aldehydes is 1. The largest absolute Gasteiger partial charge is 0.310 e. The van der Waals surface area contributed by atoms with Gasteiger partial charge in [0.1, 0.15) is 0 Å². The van der Waals surface area contributed by atoms with E-state index in [0.29, 0.717) is 5.69 Å². The van der Waals surface area contributed by atoms with Gasteiger partial charge in [-0.25, -0.2) is 0 Å². The van der Waals surface area contributed by atoms with Crippen LogP contribution in [0.15, 0.2) is 36.9 Å². The summed E-state index contributed by atoms with van der Waals surface area (Å²) in [5.74, 6) is 0. The third-order valence-corrected chi connectivity index (χ3v) is 2.50. The summed E-state index contributed by atoms with van der Waals surface area (Å²) in [6.07, 6.45) is 7.74. The van der Waals surface area contributed by atoms with Crippen LogP contribution in [0.25, 0.3) is 16.8 Å². The Hall–Kier alpha value is -2.43. The third kappa shape index (κ3) is 1.15. The highest BCUT2D eigenvalue weighted by molar-refractivity contribution is 5.82. The van der Waals surface area contributed by atoms with Crippen molar-refractivity contribution >= 4 is 11.8 Å². The summed E-state index contributed by atoms with van der Waals surface area (Å²) in [6.45, 7) is 0. The molecule has 0 fully saturated rings. The first-order chi connectivity index (χ1) is 7.90. The Morgan fingerprint density at radius 1 is 1.38 bits per heavy atom. The van der Waals surface area contributed by atoms with Crippen molar-refractivity contribution in [1.82, 2.24) is 19.6 Å². The van der Waals surface area contributed by atoms with Crippen molar-refractivity contribution < 1.29 is 4.79 Å². The molecule has 5 heteroatoms. The summed E-state index contributed by atoms with van der Waals surface area (Å²) < 4.78 is 1.81. The van der Waals surface area contributed by atoms with Gasteiger partial charge >= 0.3 is 0 Å². The maximum absolute atomic E-state index is 10.8. The zero-order chi connectivity index (χ0) is 11.0. The smallest absolute Gasteiger partial charge is 0.166 e. The summed E-state index contributed by atoms with van der Waals surface area (Å²) in [4.78, 5) is 15.1. The van der Waals surface area contributed by atoms with E-state index in [1.165, 1.54) is 0 Å². The zero-order valence-corrected chi connectivity index (χ0v) is 8.29. The first-order valence-corrected chi connectivity index (χ1v) is 4.80. The molecule has 0 bridgehead atoms. The molecule has 3 heterocycles. The first kappa shape index (κ1) is 8.84. The van der Waals surface area contributed by atoms with Gasteiger partial charge in [0.05, 0.1) is 23.1 Å². The van der Waals surface area contributed by atoms with Gasteiger partial charge in [0.2, 0.25) is 0 Å². The maximum atomic E-state index is 10.8. The van der Waals surface area contributed by atoms with E-state index in [1.54, 1.807) is 30.9 Å². The molecule has 0 saturated heterocycles. The number of nitrogens with zero attached hydrogens (tertiary/aromatic N) is 3. The van der Waals surface area contributed by atoms with Crippen LogP contribution >= 0.6 is 0 Å². The predicted octanol–water partition coefficient (Wildman–Crippen LogP) is 1.54. The van der Waals surface area contributed by atoms with Crippen LogP contribution in [0.4, 0.5) is 0 Å². The lowest BCUT2D eigenvalue weighted by atomic mass is 10.2. The van der Waals surface area contributed by atoms with Gasteiger partial charge in [-0.3, -0.25) is 14.9 Å². The molecule has 5 nitrogen and oxygen atoms in total. The van der Waals surface area contributed by atoms with E-state index in [9.17, 15) is 4.79 Å². The molecule has 3 aromatic rings. The Labute approximate surface area is 90.8 Å². The molecular formula is C11H8N4O. The normalized spacial score (nSPS) is 10.8. The summed E-state index contributed by atoms with van der Waals surface area (Å²) in [7, 11) is 0. The highest BCUT2D eigenvalue weighted by Crippen LogP contribution is 2.22. The number of hydrogen-bond acceptors (Lipinski definition) is 3. The lowest BCUT2D eigenvalue weighted by Gasteiger charge is -2.01. The average Bonchev–Trinajstić information content (AvgIpc) is 2.97.